The fourth-order valence-corrected chi connectivity index (χ4v) is 2.17. The van der Waals surface area contributed by atoms with Gasteiger partial charge in [0, 0.05) is 10.0 Å². The number of hydrogen-bond acceptors (Lipinski definition) is 2. The Hall–Kier alpha value is -1.23. The topological polar surface area (TPSA) is 46.2 Å². The standard InChI is InChI=1S/C11H9BrFNO2/c1-11(9(15)5-10(16)14-11)7-4-6(12)2-3-8(7)13/h2-4H,5H2,1H3,(H,14,16). The fourth-order valence-electron chi connectivity index (χ4n) is 1.81. The SMILES string of the molecule is CC1(c2cc(Br)ccc2F)NC(=O)CC1=O. The van der Waals surface area contributed by atoms with Crippen molar-refractivity contribution >= 4 is 27.6 Å². The summed E-state index contributed by atoms with van der Waals surface area (Å²) in [6.07, 6.45) is -0.192. The van der Waals surface area contributed by atoms with Crippen molar-refractivity contribution in [3.05, 3.63) is 34.1 Å². The van der Waals surface area contributed by atoms with Crippen LogP contribution in [0.25, 0.3) is 0 Å². The van der Waals surface area contributed by atoms with Gasteiger partial charge in [-0.25, -0.2) is 4.39 Å². The van der Waals surface area contributed by atoms with Gasteiger partial charge in [0.1, 0.15) is 11.4 Å². The lowest BCUT2D eigenvalue weighted by molar-refractivity contribution is -0.123. The molecule has 1 aromatic rings. The summed E-state index contributed by atoms with van der Waals surface area (Å²) >= 11 is 3.21. The normalized spacial score (nSPS) is 24.7. The number of carbonyl (C=O) groups is 2. The molecule has 1 heterocycles. The molecule has 84 valence electrons. The summed E-state index contributed by atoms with van der Waals surface area (Å²) in [5.41, 5.74) is -1.05. The molecule has 0 aliphatic carbocycles. The van der Waals surface area contributed by atoms with Crippen LogP contribution in [0.2, 0.25) is 0 Å². The second-order valence-electron chi connectivity index (χ2n) is 3.90. The molecule has 1 amide bonds. The number of amides is 1. The molecule has 0 aromatic heterocycles. The molecule has 1 unspecified atom stereocenters. The Bertz CT molecular complexity index is 489. The van der Waals surface area contributed by atoms with Crippen LogP contribution >= 0.6 is 15.9 Å². The van der Waals surface area contributed by atoms with Crippen LogP contribution in [0.4, 0.5) is 4.39 Å². The van der Waals surface area contributed by atoms with E-state index in [1.807, 2.05) is 0 Å². The van der Waals surface area contributed by atoms with Gasteiger partial charge in [0.25, 0.3) is 0 Å². The molecule has 0 radical (unpaired) electrons. The summed E-state index contributed by atoms with van der Waals surface area (Å²) in [5.74, 6) is -1.18. The van der Waals surface area contributed by atoms with Gasteiger partial charge in [0.05, 0.1) is 6.42 Å². The molecular weight excluding hydrogens is 277 g/mol. The highest BCUT2D eigenvalue weighted by Gasteiger charge is 2.44. The summed E-state index contributed by atoms with van der Waals surface area (Å²) in [7, 11) is 0. The minimum Gasteiger partial charge on any atom is -0.339 e. The first-order valence-corrected chi connectivity index (χ1v) is 5.52. The Labute approximate surface area is 100 Å². The highest BCUT2D eigenvalue weighted by atomic mass is 79.9. The number of Topliss-reactive ketones (excluding diaryl/α,β-unsaturated/α-hetero) is 1. The van der Waals surface area contributed by atoms with E-state index in [0.29, 0.717) is 4.47 Å². The van der Waals surface area contributed by atoms with Gasteiger partial charge in [-0.2, -0.15) is 0 Å². The average Bonchev–Trinajstić information content (AvgIpc) is 2.46. The number of rotatable bonds is 1. The first kappa shape index (κ1) is 11.3. The maximum absolute atomic E-state index is 13.6. The van der Waals surface area contributed by atoms with E-state index in [1.54, 1.807) is 6.07 Å². The monoisotopic (exact) mass is 285 g/mol. The first-order chi connectivity index (χ1) is 7.43. The zero-order chi connectivity index (χ0) is 11.9. The molecule has 1 fully saturated rings. The largest absolute Gasteiger partial charge is 0.339 e. The molecule has 1 aliphatic heterocycles. The molecule has 0 bridgehead atoms. The van der Waals surface area contributed by atoms with Gasteiger partial charge in [-0.1, -0.05) is 15.9 Å². The molecule has 2 rings (SSSR count). The van der Waals surface area contributed by atoms with Gasteiger partial charge in [-0.05, 0) is 25.1 Å². The molecule has 0 spiro atoms. The molecular formula is C11H9BrFNO2. The third-order valence-electron chi connectivity index (χ3n) is 2.74. The van der Waals surface area contributed by atoms with Crippen molar-refractivity contribution in [1.29, 1.82) is 0 Å². The van der Waals surface area contributed by atoms with Crippen LogP contribution < -0.4 is 5.32 Å². The van der Waals surface area contributed by atoms with Gasteiger partial charge in [-0.3, -0.25) is 9.59 Å². The number of benzene rings is 1. The Morgan fingerprint density at radius 3 is 2.69 bits per heavy atom. The molecule has 1 N–H and O–H groups in total. The number of hydrogen-bond donors (Lipinski definition) is 1. The Morgan fingerprint density at radius 2 is 2.12 bits per heavy atom. The Morgan fingerprint density at radius 1 is 1.44 bits per heavy atom. The zero-order valence-electron chi connectivity index (χ0n) is 8.51. The molecule has 0 saturated carbocycles. The summed E-state index contributed by atoms with van der Waals surface area (Å²) in [6, 6.07) is 4.32. The Balaban J connectivity index is 2.55. The van der Waals surface area contributed by atoms with Gasteiger partial charge < -0.3 is 5.32 Å². The predicted molar refractivity (Wildman–Crippen MR) is 59.2 cm³/mol. The Kier molecular flexibility index (Phi) is 2.58. The molecule has 16 heavy (non-hydrogen) atoms. The number of ketones is 1. The van der Waals surface area contributed by atoms with Crippen LogP contribution in [-0.4, -0.2) is 11.7 Å². The van der Waals surface area contributed by atoms with Crippen molar-refractivity contribution in [3.63, 3.8) is 0 Å². The van der Waals surface area contributed by atoms with Crippen molar-refractivity contribution in [2.75, 3.05) is 0 Å². The lowest BCUT2D eigenvalue weighted by atomic mass is 9.89. The zero-order valence-corrected chi connectivity index (χ0v) is 10.1. The lowest BCUT2D eigenvalue weighted by Gasteiger charge is -2.23. The summed E-state index contributed by atoms with van der Waals surface area (Å²) in [6.45, 7) is 1.52. The van der Waals surface area contributed by atoms with Crippen LogP contribution in [0.3, 0.4) is 0 Å². The van der Waals surface area contributed by atoms with Crippen molar-refractivity contribution in [3.8, 4) is 0 Å². The van der Waals surface area contributed by atoms with Gasteiger partial charge in [0.2, 0.25) is 5.91 Å². The smallest absolute Gasteiger partial charge is 0.228 e. The van der Waals surface area contributed by atoms with Crippen LogP contribution in [-0.2, 0) is 15.1 Å². The highest BCUT2D eigenvalue weighted by molar-refractivity contribution is 9.10. The first-order valence-electron chi connectivity index (χ1n) is 4.73. The van der Waals surface area contributed by atoms with Gasteiger partial charge in [0.15, 0.2) is 5.78 Å². The fraction of sp³-hybridized carbons (Fsp3) is 0.273. The molecule has 1 aliphatic rings. The number of nitrogens with one attached hydrogen (secondary N) is 1. The third-order valence-corrected chi connectivity index (χ3v) is 3.23. The van der Waals surface area contributed by atoms with E-state index in [2.05, 4.69) is 21.2 Å². The molecule has 1 aromatic carbocycles. The van der Waals surface area contributed by atoms with Gasteiger partial charge >= 0.3 is 0 Å². The summed E-state index contributed by atoms with van der Waals surface area (Å²) in [4.78, 5) is 22.9. The highest BCUT2D eigenvalue weighted by Crippen LogP contribution is 2.31. The average molecular weight is 286 g/mol. The van der Waals surface area contributed by atoms with E-state index in [-0.39, 0.29) is 23.7 Å². The second-order valence-corrected chi connectivity index (χ2v) is 4.81. The minimum atomic E-state index is -1.25. The van der Waals surface area contributed by atoms with Crippen molar-refractivity contribution < 1.29 is 14.0 Å². The van der Waals surface area contributed by atoms with E-state index >= 15 is 0 Å². The molecule has 1 atom stereocenters. The van der Waals surface area contributed by atoms with E-state index in [4.69, 9.17) is 0 Å². The van der Waals surface area contributed by atoms with Crippen molar-refractivity contribution in [2.45, 2.75) is 18.9 Å². The minimum absolute atomic E-state index is 0.192. The molecule has 1 saturated heterocycles. The molecule has 3 nitrogen and oxygen atoms in total. The number of carbonyl (C=O) groups excluding carboxylic acids is 2. The maximum Gasteiger partial charge on any atom is 0.228 e. The van der Waals surface area contributed by atoms with Crippen LogP contribution in [0.5, 0.6) is 0 Å². The van der Waals surface area contributed by atoms with Crippen LogP contribution in [0, 0.1) is 5.82 Å². The maximum atomic E-state index is 13.6. The van der Waals surface area contributed by atoms with Gasteiger partial charge in [-0.15, -0.1) is 0 Å². The summed E-state index contributed by atoms with van der Waals surface area (Å²) in [5, 5.41) is 2.52. The van der Waals surface area contributed by atoms with Crippen LogP contribution in [0.15, 0.2) is 22.7 Å². The van der Waals surface area contributed by atoms with E-state index in [0.717, 1.165) is 0 Å². The second kappa shape index (κ2) is 3.66. The number of halogens is 2. The lowest BCUT2D eigenvalue weighted by Crippen LogP contribution is -2.41. The van der Waals surface area contributed by atoms with Crippen molar-refractivity contribution in [2.24, 2.45) is 0 Å². The quantitative estimate of drug-likeness (QED) is 0.801. The van der Waals surface area contributed by atoms with Crippen LogP contribution in [0.1, 0.15) is 18.9 Å². The third kappa shape index (κ3) is 1.65. The molecule has 5 heteroatoms. The van der Waals surface area contributed by atoms with E-state index in [1.165, 1.54) is 19.1 Å². The van der Waals surface area contributed by atoms with Crippen molar-refractivity contribution in [1.82, 2.24) is 5.32 Å². The summed E-state index contributed by atoms with van der Waals surface area (Å²) < 4.78 is 14.3. The predicted octanol–water partition coefficient (Wildman–Crippen LogP) is 1.89. The van der Waals surface area contributed by atoms with E-state index < -0.39 is 11.4 Å². The van der Waals surface area contributed by atoms with E-state index in [9.17, 15) is 14.0 Å².